The van der Waals surface area contributed by atoms with Gasteiger partial charge in [-0.15, -0.1) is 0 Å². The van der Waals surface area contributed by atoms with Crippen molar-refractivity contribution in [2.75, 3.05) is 0 Å². The summed E-state index contributed by atoms with van der Waals surface area (Å²) < 4.78 is 0. The van der Waals surface area contributed by atoms with Gasteiger partial charge in [0.2, 0.25) is 0 Å². The first-order valence-corrected chi connectivity index (χ1v) is 3.90. The first kappa shape index (κ1) is 11.6. The Bertz CT molecular complexity index is 85.3. The second-order valence-corrected chi connectivity index (χ2v) is 3.38. The summed E-state index contributed by atoms with van der Waals surface area (Å²) in [4.78, 5) is 0. The van der Waals surface area contributed by atoms with Crippen molar-refractivity contribution >= 4 is 51.4 Å². The molecule has 10 heavy (non-hydrogen) atoms. The van der Waals surface area contributed by atoms with E-state index in [0.29, 0.717) is 11.8 Å². The maximum absolute atomic E-state index is 9.45. The quantitative estimate of drug-likeness (QED) is 0.538. The molecule has 0 saturated heterocycles. The van der Waals surface area contributed by atoms with Crippen LogP contribution in [0.15, 0.2) is 0 Å². The molecule has 1 fully saturated rings. The van der Waals surface area contributed by atoms with Gasteiger partial charge in [0.1, 0.15) is 0 Å². The second-order valence-electron chi connectivity index (χ2n) is 3.38. The molecule has 0 aliphatic heterocycles. The molecule has 0 heterocycles. The fraction of sp³-hybridized carbons (Fsp3) is 1.00. The van der Waals surface area contributed by atoms with Crippen LogP contribution in [0.5, 0.6) is 0 Å². The Labute approximate surface area is 106 Å². The van der Waals surface area contributed by atoms with Gasteiger partial charge in [-0.2, -0.15) is 0 Å². The molecule has 1 nitrogen and oxygen atoms in total. The molecule has 0 amide bonds. The van der Waals surface area contributed by atoms with Gasteiger partial charge in [-0.1, -0.05) is 20.3 Å². The zero-order chi connectivity index (χ0) is 6.85. The zero-order valence-electron chi connectivity index (χ0n) is 6.30. The molecule has 0 spiro atoms. The van der Waals surface area contributed by atoms with Crippen molar-refractivity contribution in [3.05, 3.63) is 0 Å². The van der Waals surface area contributed by atoms with E-state index in [9.17, 15) is 5.11 Å². The third kappa shape index (κ3) is 2.92. The van der Waals surface area contributed by atoms with E-state index in [1.54, 1.807) is 0 Å². The predicted octanol–water partition coefficient (Wildman–Crippen LogP) is 1.15. The van der Waals surface area contributed by atoms with Gasteiger partial charge in [-0.25, -0.2) is 0 Å². The average molecular weight is 168 g/mol. The van der Waals surface area contributed by atoms with Crippen LogP contribution in [0.25, 0.3) is 0 Å². The molecule has 1 saturated carbocycles. The van der Waals surface area contributed by atoms with Crippen LogP contribution >= 0.6 is 0 Å². The first-order valence-electron chi connectivity index (χ1n) is 3.90. The van der Waals surface area contributed by atoms with Crippen LogP contribution in [0.2, 0.25) is 0 Å². The summed E-state index contributed by atoms with van der Waals surface area (Å²) in [5.74, 6) is 1.07. The van der Waals surface area contributed by atoms with E-state index in [1.165, 1.54) is 19.3 Å². The summed E-state index contributed by atoms with van der Waals surface area (Å²) in [5.41, 5.74) is 0. The molecule has 1 aliphatic rings. The molecule has 2 heteroatoms. The molecule has 0 aromatic rings. The van der Waals surface area contributed by atoms with Crippen LogP contribution in [0.3, 0.4) is 0 Å². The van der Waals surface area contributed by atoms with E-state index in [0.717, 1.165) is 0 Å². The topological polar surface area (TPSA) is 20.2 Å². The molecule has 56 valence electrons. The SMILES string of the molecule is CC1CCCC(C)C1O.[KH]. The monoisotopic (exact) mass is 168 g/mol. The Hall–Kier alpha value is 1.60. The number of aliphatic hydroxyl groups excluding tert-OH is 1. The Morgan fingerprint density at radius 2 is 1.50 bits per heavy atom. The van der Waals surface area contributed by atoms with Crippen molar-refractivity contribution in [3.8, 4) is 0 Å². The summed E-state index contributed by atoms with van der Waals surface area (Å²) in [6, 6.07) is 0. The van der Waals surface area contributed by atoms with Gasteiger partial charge in [0.15, 0.2) is 0 Å². The average Bonchev–Trinajstić information content (AvgIpc) is 1.83. The van der Waals surface area contributed by atoms with Crippen molar-refractivity contribution in [1.29, 1.82) is 0 Å². The molecule has 1 rings (SSSR count). The Morgan fingerprint density at radius 3 is 1.80 bits per heavy atom. The fourth-order valence-electron chi connectivity index (χ4n) is 1.66. The van der Waals surface area contributed by atoms with Gasteiger partial charge >= 0.3 is 51.4 Å². The molecule has 0 aromatic heterocycles. The van der Waals surface area contributed by atoms with Gasteiger partial charge in [0, 0.05) is 0 Å². The normalized spacial score (nSPS) is 40.5. The number of hydrogen-bond acceptors (Lipinski definition) is 1. The number of aliphatic hydroxyl groups is 1. The summed E-state index contributed by atoms with van der Waals surface area (Å²) in [6.07, 6.45) is 3.70. The van der Waals surface area contributed by atoms with Crippen molar-refractivity contribution in [1.82, 2.24) is 0 Å². The Balaban J connectivity index is 0.000000810. The van der Waals surface area contributed by atoms with Crippen LogP contribution in [-0.4, -0.2) is 62.6 Å². The van der Waals surface area contributed by atoms with Gasteiger partial charge in [-0.05, 0) is 24.7 Å². The van der Waals surface area contributed by atoms with Gasteiger partial charge in [0.25, 0.3) is 0 Å². The minimum absolute atomic E-state index is 0. The van der Waals surface area contributed by atoms with Crippen LogP contribution in [0.4, 0.5) is 0 Å². The van der Waals surface area contributed by atoms with E-state index >= 15 is 0 Å². The van der Waals surface area contributed by atoms with E-state index in [2.05, 4.69) is 13.8 Å². The summed E-state index contributed by atoms with van der Waals surface area (Å²) in [5, 5.41) is 9.45. The van der Waals surface area contributed by atoms with Crippen molar-refractivity contribution in [3.63, 3.8) is 0 Å². The van der Waals surface area contributed by atoms with Gasteiger partial charge in [-0.3, -0.25) is 0 Å². The first-order chi connectivity index (χ1) is 4.22. The second kappa shape index (κ2) is 5.28. The molecule has 0 radical (unpaired) electrons. The summed E-state index contributed by atoms with van der Waals surface area (Å²) in [7, 11) is 0. The molecule has 2 atom stereocenters. The van der Waals surface area contributed by atoms with Gasteiger partial charge < -0.3 is 5.11 Å². The van der Waals surface area contributed by atoms with Crippen LogP contribution in [0, 0.1) is 11.8 Å². The maximum atomic E-state index is 9.45. The summed E-state index contributed by atoms with van der Waals surface area (Å²) >= 11 is 0. The third-order valence-electron chi connectivity index (χ3n) is 2.48. The molecule has 1 aliphatic carbocycles. The molecule has 0 bridgehead atoms. The molecular formula is C8H17KO. The van der Waals surface area contributed by atoms with Crippen molar-refractivity contribution in [2.45, 2.75) is 39.2 Å². The third-order valence-corrected chi connectivity index (χ3v) is 2.48. The van der Waals surface area contributed by atoms with Crippen LogP contribution in [-0.2, 0) is 0 Å². The number of rotatable bonds is 0. The van der Waals surface area contributed by atoms with E-state index in [4.69, 9.17) is 0 Å². The van der Waals surface area contributed by atoms with E-state index in [-0.39, 0.29) is 57.5 Å². The van der Waals surface area contributed by atoms with Crippen molar-refractivity contribution < 1.29 is 5.11 Å². The van der Waals surface area contributed by atoms with E-state index < -0.39 is 0 Å². The fourth-order valence-corrected chi connectivity index (χ4v) is 1.66. The standard InChI is InChI=1S/C8H16O.K.H/c1-6-4-3-5-7(2)8(6)9;;/h6-9H,3-5H2,1-2H3;;. The van der Waals surface area contributed by atoms with Crippen LogP contribution < -0.4 is 0 Å². The predicted molar refractivity (Wildman–Crippen MR) is 45.3 cm³/mol. The minimum atomic E-state index is -0.0289. The molecule has 1 N–H and O–H groups in total. The Morgan fingerprint density at radius 1 is 1.10 bits per heavy atom. The zero-order valence-corrected chi connectivity index (χ0v) is 6.30. The number of hydrogen-bond donors (Lipinski definition) is 1. The molecular weight excluding hydrogens is 151 g/mol. The molecule has 0 aromatic carbocycles. The molecule has 2 unspecified atom stereocenters. The van der Waals surface area contributed by atoms with Crippen LogP contribution in [0.1, 0.15) is 33.1 Å². The van der Waals surface area contributed by atoms with E-state index in [1.807, 2.05) is 0 Å². The van der Waals surface area contributed by atoms with Gasteiger partial charge in [0.05, 0.1) is 6.10 Å². The Kier molecular flexibility index (Phi) is 6.12. The summed E-state index contributed by atoms with van der Waals surface area (Å²) in [6.45, 7) is 4.28. The van der Waals surface area contributed by atoms with Crippen molar-refractivity contribution in [2.24, 2.45) is 11.8 Å².